The van der Waals surface area contributed by atoms with E-state index < -0.39 is 5.60 Å². The number of halogens is 1. The third-order valence-electron chi connectivity index (χ3n) is 3.35. The number of carbonyl (C=O) groups excluding carboxylic acids is 1. The Hall–Kier alpha value is -0.940. The standard InChI is InChI=1S/C16H23ClN2O2S/c1-16(2,3)21-15(20)19-7-6-13(9-19)11-22-10-12-4-5-14(17)18-8-12/h4-5,8,13H,6-7,9-11H2,1-3H3/t13-/m0/s1. The van der Waals surface area contributed by atoms with Crippen LogP contribution in [0.1, 0.15) is 32.8 Å². The van der Waals surface area contributed by atoms with Crippen molar-refractivity contribution in [1.82, 2.24) is 9.88 Å². The molecule has 2 heterocycles. The van der Waals surface area contributed by atoms with Crippen molar-refractivity contribution in [2.45, 2.75) is 38.5 Å². The van der Waals surface area contributed by atoms with Gasteiger partial charge in [0.1, 0.15) is 10.8 Å². The van der Waals surface area contributed by atoms with Gasteiger partial charge in [-0.25, -0.2) is 9.78 Å². The fourth-order valence-electron chi connectivity index (χ4n) is 2.30. The van der Waals surface area contributed by atoms with Crippen molar-refractivity contribution >= 4 is 29.5 Å². The second-order valence-electron chi connectivity index (χ2n) is 6.59. The van der Waals surface area contributed by atoms with Crippen molar-refractivity contribution in [3.8, 4) is 0 Å². The first-order valence-electron chi connectivity index (χ1n) is 7.49. The number of ether oxygens (including phenoxy) is 1. The lowest BCUT2D eigenvalue weighted by Gasteiger charge is -2.24. The van der Waals surface area contributed by atoms with E-state index in [4.69, 9.17) is 16.3 Å². The molecule has 122 valence electrons. The first-order chi connectivity index (χ1) is 10.3. The summed E-state index contributed by atoms with van der Waals surface area (Å²) in [7, 11) is 0. The summed E-state index contributed by atoms with van der Waals surface area (Å²) >= 11 is 7.65. The predicted molar refractivity (Wildman–Crippen MR) is 91.3 cm³/mol. The second-order valence-corrected chi connectivity index (χ2v) is 8.00. The lowest BCUT2D eigenvalue weighted by atomic mass is 10.2. The number of rotatable bonds is 4. The summed E-state index contributed by atoms with van der Waals surface area (Å²) < 4.78 is 5.41. The fourth-order valence-corrected chi connectivity index (χ4v) is 3.54. The lowest BCUT2D eigenvalue weighted by Crippen LogP contribution is -2.35. The number of likely N-dealkylation sites (tertiary alicyclic amines) is 1. The highest BCUT2D eigenvalue weighted by atomic mass is 35.5. The molecule has 0 spiro atoms. The molecule has 0 aromatic carbocycles. The van der Waals surface area contributed by atoms with Crippen LogP contribution in [0.15, 0.2) is 18.3 Å². The summed E-state index contributed by atoms with van der Waals surface area (Å²) in [6.45, 7) is 7.28. The summed E-state index contributed by atoms with van der Waals surface area (Å²) in [5.41, 5.74) is 0.752. The van der Waals surface area contributed by atoms with Crippen molar-refractivity contribution in [3.63, 3.8) is 0 Å². The van der Waals surface area contributed by atoms with Gasteiger partial charge in [0, 0.05) is 25.0 Å². The molecule has 0 saturated carbocycles. The lowest BCUT2D eigenvalue weighted by molar-refractivity contribution is 0.0289. The van der Waals surface area contributed by atoms with Gasteiger partial charge in [-0.1, -0.05) is 17.7 Å². The van der Waals surface area contributed by atoms with E-state index in [1.807, 2.05) is 55.8 Å². The molecule has 1 atom stereocenters. The third kappa shape index (κ3) is 5.69. The Morgan fingerprint density at radius 2 is 2.27 bits per heavy atom. The monoisotopic (exact) mass is 342 g/mol. The molecule has 6 heteroatoms. The van der Waals surface area contributed by atoms with Crippen LogP contribution in [0.25, 0.3) is 0 Å². The Bertz CT molecular complexity index is 502. The molecule has 0 radical (unpaired) electrons. The zero-order valence-electron chi connectivity index (χ0n) is 13.3. The molecule has 2 rings (SSSR count). The normalized spacial score (nSPS) is 18.5. The Balaban J connectivity index is 1.70. The molecule has 1 saturated heterocycles. The van der Waals surface area contributed by atoms with E-state index in [1.54, 1.807) is 0 Å². The molecule has 0 N–H and O–H groups in total. The van der Waals surface area contributed by atoms with Crippen molar-refractivity contribution in [2.75, 3.05) is 18.8 Å². The van der Waals surface area contributed by atoms with Gasteiger partial charge in [-0.3, -0.25) is 0 Å². The zero-order chi connectivity index (χ0) is 16.2. The molecule has 1 aliphatic heterocycles. The van der Waals surface area contributed by atoms with E-state index >= 15 is 0 Å². The smallest absolute Gasteiger partial charge is 0.410 e. The predicted octanol–water partition coefficient (Wildman–Crippen LogP) is 4.23. The van der Waals surface area contributed by atoms with Gasteiger partial charge in [-0.05, 0) is 50.5 Å². The molecule has 1 aliphatic rings. The number of pyridine rings is 1. The number of hydrogen-bond acceptors (Lipinski definition) is 4. The topological polar surface area (TPSA) is 42.4 Å². The Kier molecular flexibility index (Phi) is 5.98. The minimum atomic E-state index is -0.425. The minimum absolute atomic E-state index is 0.193. The van der Waals surface area contributed by atoms with Crippen LogP contribution >= 0.6 is 23.4 Å². The molecule has 1 aromatic heterocycles. The van der Waals surface area contributed by atoms with E-state index in [9.17, 15) is 4.79 Å². The van der Waals surface area contributed by atoms with Gasteiger partial charge >= 0.3 is 6.09 Å². The first kappa shape index (κ1) is 17.4. The molecular formula is C16H23ClN2O2S. The van der Waals surface area contributed by atoms with Gasteiger partial charge in [0.25, 0.3) is 0 Å². The summed E-state index contributed by atoms with van der Waals surface area (Å²) in [6, 6.07) is 3.82. The van der Waals surface area contributed by atoms with Crippen LogP contribution in [0.5, 0.6) is 0 Å². The molecule has 22 heavy (non-hydrogen) atoms. The van der Waals surface area contributed by atoms with Crippen molar-refractivity contribution in [1.29, 1.82) is 0 Å². The molecular weight excluding hydrogens is 320 g/mol. The quantitative estimate of drug-likeness (QED) is 0.768. The van der Waals surface area contributed by atoms with E-state index in [1.165, 1.54) is 5.56 Å². The average Bonchev–Trinajstić information content (AvgIpc) is 2.88. The zero-order valence-corrected chi connectivity index (χ0v) is 14.9. The van der Waals surface area contributed by atoms with Crippen LogP contribution < -0.4 is 0 Å². The highest BCUT2D eigenvalue weighted by molar-refractivity contribution is 7.98. The third-order valence-corrected chi connectivity index (χ3v) is 4.82. The minimum Gasteiger partial charge on any atom is -0.444 e. The number of carbonyl (C=O) groups is 1. The Labute approximate surface area is 141 Å². The van der Waals surface area contributed by atoms with Gasteiger partial charge in [0.05, 0.1) is 0 Å². The fraction of sp³-hybridized carbons (Fsp3) is 0.625. The molecule has 1 amide bonds. The van der Waals surface area contributed by atoms with E-state index in [0.717, 1.165) is 31.0 Å². The summed E-state index contributed by atoms with van der Waals surface area (Å²) in [6.07, 6.45) is 2.67. The van der Waals surface area contributed by atoms with Crippen LogP contribution in [0.3, 0.4) is 0 Å². The molecule has 0 aliphatic carbocycles. The van der Waals surface area contributed by atoms with Gasteiger partial charge in [0.2, 0.25) is 0 Å². The Morgan fingerprint density at radius 1 is 1.50 bits per heavy atom. The molecule has 4 nitrogen and oxygen atoms in total. The molecule has 1 fully saturated rings. The molecule has 1 aromatic rings. The summed E-state index contributed by atoms with van der Waals surface area (Å²) in [5.74, 6) is 2.51. The first-order valence-corrected chi connectivity index (χ1v) is 9.03. The maximum Gasteiger partial charge on any atom is 0.410 e. The van der Waals surface area contributed by atoms with Gasteiger partial charge in [-0.2, -0.15) is 11.8 Å². The van der Waals surface area contributed by atoms with Gasteiger partial charge in [-0.15, -0.1) is 0 Å². The number of amides is 1. The summed E-state index contributed by atoms with van der Waals surface area (Å²) in [5, 5.41) is 0.526. The number of hydrogen-bond donors (Lipinski definition) is 0. The van der Waals surface area contributed by atoms with E-state index in [-0.39, 0.29) is 6.09 Å². The average molecular weight is 343 g/mol. The molecule has 0 bridgehead atoms. The van der Waals surface area contributed by atoms with Gasteiger partial charge in [0.15, 0.2) is 0 Å². The van der Waals surface area contributed by atoms with Crippen LogP contribution in [-0.4, -0.2) is 40.4 Å². The van der Waals surface area contributed by atoms with Crippen LogP contribution in [-0.2, 0) is 10.5 Å². The maximum absolute atomic E-state index is 12.0. The van der Waals surface area contributed by atoms with E-state index in [2.05, 4.69) is 4.98 Å². The highest BCUT2D eigenvalue weighted by Gasteiger charge is 2.29. The SMILES string of the molecule is CC(C)(C)OC(=O)N1CC[C@H](CSCc2ccc(Cl)nc2)C1. The Morgan fingerprint density at radius 3 is 2.91 bits per heavy atom. The van der Waals surface area contributed by atoms with Crippen LogP contribution in [0.2, 0.25) is 5.15 Å². The number of thioether (sulfide) groups is 1. The summed E-state index contributed by atoms with van der Waals surface area (Å²) in [4.78, 5) is 17.9. The maximum atomic E-state index is 12.0. The highest BCUT2D eigenvalue weighted by Crippen LogP contribution is 2.24. The van der Waals surface area contributed by atoms with E-state index in [0.29, 0.717) is 11.1 Å². The van der Waals surface area contributed by atoms with Crippen LogP contribution in [0, 0.1) is 5.92 Å². The molecule has 0 unspecified atom stereocenters. The van der Waals surface area contributed by atoms with Crippen molar-refractivity contribution in [3.05, 3.63) is 29.0 Å². The largest absolute Gasteiger partial charge is 0.444 e. The van der Waals surface area contributed by atoms with Crippen molar-refractivity contribution < 1.29 is 9.53 Å². The second kappa shape index (κ2) is 7.55. The van der Waals surface area contributed by atoms with Gasteiger partial charge < -0.3 is 9.64 Å². The van der Waals surface area contributed by atoms with Crippen LogP contribution in [0.4, 0.5) is 4.79 Å². The number of aromatic nitrogens is 1. The number of nitrogens with zero attached hydrogens (tertiary/aromatic N) is 2. The van der Waals surface area contributed by atoms with Crippen molar-refractivity contribution in [2.24, 2.45) is 5.92 Å².